The summed E-state index contributed by atoms with van der Waals surface area (Å²) in [7, 11) is 3.93. The quantitative estimate of drug-likeness (QED) is 0.211. The van der Waals surface area contributed by atoms with Crippen LogP contribution in [0.15, 0.2) is 29.3 Å². The summed E-state index contributed by atoms with van der Waals surface area (Å²) in [6, 6.07) is 6.50. The Morgan fingerprint density at radius 3 is 2.24 bits per heavy atom. The van der Waals surface area contributed by atoms with Gasteiger partial charge in [-0.2, -0.15) is 0 Å². The predicted molar refractivity (Wildman–Crippen MR) is 126 cm³/mol. The van der Waals surface area contributed by atoms with Crippen LogP contribution in [-0.4, -0.2) is 62.8 Å². The molecule has 7 nitrogen and oxygen atoms in total. The van der Waals surface area contributed by atoms with Gasteiger partial charge in [-0.1, -0.05) is 12.1 Å². The lowest BCUT2D eigenvalue weighted by Gasteiger charge is -2.24. The first-order valence-corrected chi connectivity index (χ1v) is 9.53. The monoisotopic (exact) mass is 523 g/mol. The minimum atomic E-state index is -0.518. The normalized spacial score (nSPS) is 12.8. The maximum atomic E-state index is 13.2. The highest BCUT2D eigenvalue weighted by molar-refractivity contribution is 14.0. The Morgan fingerprint density at radius 1 is 1.14 bits per heavy atom. The highest BCUT2D eigenvalue weighted by Gasteiger charge is 2.16. The largest absolute Gasteiger partial charge is 0.444 e. The van der Waals surface area contributed by atoms with Crippen molar-refractivity contribution in [2.45, 2.75) is 39.3 Å². The summed E-state index contributed by atoms with van der Waals surface area (Å²) < 4.78 is 18.4. The summed E-state index contributed by atoms with van der Waals surface area (Å²) in [5.41, 5.74) is 0.479. The Labute approximate surface area is 190 Å². The second-order valence-corrected chi connectivity index (χ2v) is 7.61. The molecule has 0 spiro atoms. The van der Waals surface area contributed by atoms with E-state index in [9.17, 15) is 9.18 Å². The molecule has 1 unspecified atom stereocenters. The second-order valence-electron chi connectivity index (χ2n) is 7.61. The number of nitrogens with zero attached hydrogens (tertiary/aromatic N) is 2. The third-order valence-corrected chi connectivity index (χ3v) is 3.73. The van der Waals surface area contributed by atoms with Gasteiger partial charge >= 0.3 is 6.09 Å². The van der Waals surface area contributed by atoms with Crippen molar-refractivity contribution >= 4 is 36.0 Å². The molecule has 0 radical (unpaired) electrons. The van der Waals surface area contributed by atoms with Crippen LogP contribution >= 0.6 is 24.0 Å². The zero-order valence-electron chi connectivity index (χ0n) is 18.2. The van der Waals surface area contributed by atoms with Crippen LogP contribution in [0.1, 0.15) is 39.3 Å². The van der Waals surface area contributed by atoms with E-state index in [4.69, 9.17) is 4.74 Å². The fourth-order valence-corrected chi connectivity index (χ4v) is 2.43. The number of aliphatic imine (C=N–C) groups is 1. The van der Waals surface area contributed by atoms with Gasteiger partial charge in [-0.3, -0.25) is 4.99 Å². The van der Waals surface area contributed by atoms with E-state index in [0.717, 1.165) is 5.56 Å². The van der Waals surface area contributed by atoms with Gasteiger partial charge in [0.25, 0.3) is 0 Å². The Morgan fingerprint density at radius 2 is 1.72 bits per heavy atom. The molecule has 3 N–H and O–H groups in total. The molecule has 0 aliphatic rings. The molecular weight excluding hydrogens is 488 g/mol. The molecule has 0 heterocycles. The van der Waals surface area contributed by atoms with Gasteiger partial charge in [-0.05, 0) is 59.5 Å². The Balaban J connectivity index is 0.00000784. The average Bonchev–Trinajstić information content (AvgIpc) is 2.58. The van der Waals surface area contributed by atoms with E-state index in [1.807, 2.05) is 46.7 Å². The van der Waals surface area contributed by atoms with Crippen LogP contribution in [0.4, 0.5) is 9.18 Å². The van der Waals surface area contributed by atoms with Crippen molar-refractivity contribution in [1.82, 2.24) is 20.9 Å². The summed E-state index contributed by atoms with van der Waals surface area (Å²) in [6.07, 6.45) is -0.444. The molecular formula is C20H35FIN5O2. The number of hydrogen-bond acceptors (Lipinski definition) is 4. The number of nitrogens with one attached hydrogen (secondary N) is 3. The molecule has 0 saturated carbocycles. The van der Waals surface area contributed by atoms with Gasteiger partial charge in [0.15, 0.2) is 5.96 Å². The van der Waals surface area contributed by atoms with Crippen molar-refractivity contribution < 1.29 is 13.9 Å². The summed E-state index contributed by atoms with van der Waals surface area (Å²) in [5.74, 6) is 0.403. The first-order chi connectivity index (χ1) is 13.1. The van der Waals surface area contributed by atoms with Gasteiger partial charge in [0, 0.05) is 19.6 Å². The molecule has 1 rings (SSSR count). The zero-order valence-corrected chi connectivity index (χ0v) is 20.5. The third-order valence-electron chi connectivity index (χ3n) is 3.73. The van der Waals surface area contributed by atoms with E-state index in [0.29, 0.717) is 32.1 Å². The SMILES string of the molecule is CCNC(=NCC(c1ccc(F)cc1)N(C)C)NCCNC(=O)OC(C)(C)C.I. The Hall–Kier alpha value is -1.62. The van der Waals surface area contributed by atoms with Crippen molar-refractivity contribution in [3.63, 3.8) is 0 Å². The van der Waals surface area contributed by atoms with Crippen LogP contribution < -0.4 is 16.0 Å². The Bertz CT molecular complexity index is 633. The smallest absolute Gasteiger partial charge is 0.407 e. The molecule has 9 heteroatoms. The minimum absolute atomic E-state index is 0. The molecule has 1 amide bonds. The molecule has 0 bridgehead atoms. The van der Waals surface area contributed by atoms with E-state index in [-0.39, 0.29) is 35.8 Å². The average molecular weight is 523 g/mol. The zero-order chi connectivity index (χ0) is 21.2. The minimum Gasteiger partial charge on any atom is -0.444 e. The first-order valence-electron chi connectivity index (χ1n) is 9.53. The van der Waals surface area contributed by atoms with E-state index in [2.05, 4.69) is 20.9 Å². The number of benzene rings is 1. The number of carbonyl (C=O) groups is 1. The number of alkyl carbamates (subject to hydrolysis) is 1. The van der Waals surface area contributed by atoms with Gasteiger partial charge in [0.2, 0.25) is 0 Å². The number of guanidine groups is 1. The van der Waals surface area contributed by atoms with Crippen LogP contribution in [0.5, 0.6) is 0 Å². The highest BCUT2D eigenvalue weighted by atomic mass is 127. The Kier molecular flexibility index (Phi) is 12.8. The van der Waals surface area contributed by atoms with Crippen molar-refractivity contribution in [3.8, 4) is 0 Å². The van der Waals surface area contributed by atoms with Crippen molar-refractivity contribution in [3.05, 3.63) is 35.6 Å². The predicted octanol–water partition coefficient (Wildman–Crippen LogP) is 3.13. The molecule has 29 heavy (non-hydrogen) atoms. The third kappa shape index (κ3) is 11.8. The lowest BCUT2D eigenvalue weighted by Crippen LogP contribution is -2.42. The molecule has 0 saturated heterocycles. The fraction of sp³-hybridized carbons (Fsp3) is 0.600. The van der Waals surface area contributed by atoms with E-state index >= 15 is 0 Å². The fourth-order valence-electron chi connectivity index (χ4n) is 2.43. The number of ether oxygens (including phenoxy) is 1. The number of amides is 1. The van der Waals surface area contributed by atoms with Crippen LogP contribution in [0, 0.1) is 5.82 Å². The molecule has 166 valence electrons. The van der Waals surface area contributed by atoms with Crippen LogP contribution in [0.2, 0.25) is 0 Å². The molecule has 0 aliphatic heterocycles. The number of halogens is 2. The number of hydrogen-bond donors (Lipinski definition) is 3. The van der Waals surface area contributed by atoms with E-state index in [1.165, 1.54) is 12.1 Å². The molecule has 1 aromatic carbocycles. The van der Waals surface area contributed by atoms with Gasteiger partial charge in [-0.25, -0.2) is 9.18 Å². The molecule has 1 atom stereocenters. The van der Waals surface area contributed by atoms with Crippen LogP contribution in [0.3, 0.4) is 0 Å². The van der Waals surface area contributed by atoms with Gasteiger partial charge in [0.1, 0.15) is 11.4 Å². The van der Waals surface area contributed by atoms with Crippen molar-refractivity contribution in [2.75, 3.05) is 40.3 Å². The number of carbonyl (C=O) groups excluding carboxylic acids is 1. The topological polar surface area (TPSA) is 78.0 Å². The van der Waals surface area contributed by atoms with E-state index < -0.39 is 11.7 Å². The molecule has 0 aliphatic carbocycles. The van der Waals surface area contributed by atoms with E-state index in [1.54, 1.807) is 12.1 Å². The number of rotatable bonds is 8. The van der Waals surface area contributed by atoms with Crippen LogP contribution in [0.25, 0.3) is 0 Å². The van der Waals surface area contributed by atoms with Crippen LogP contribution in [-0.2, 0) is 4.74 Å². The lowest BCUT2D eigenvalue weighted by molar-refractivity contribution is 0.0529. The molecule has 0 fully saturated rings. The highest BCUT2D eigenvalue weighted by Crippen LogP contribution is 2.18. The van der Waals surface area contributed by atoms with Crippen molar-refractivity contribution in [1.29, 1.82) is 0 Å². The summed E-state index contributed by atoms with van der Waals surface area (Å²) in [4.78, 5) is 18.3. The first kappa shape index (κ1) is 27.4. The maximum absolute atomic E-state index is 13.2. The summed E-state index contributed by atoms with van der Waals surface area (Å²) >= 11 is 0. The lowest BCUT2D eigenvalue weighted by atomic mass is 10.1. The maximum Gasteiger partial charge on any atom is 0.407 e. The van der Waals surface area contributed by atoms with Gasteiger partial charge in [0.05, 0.1) is 12.6 Å². The number of likely N-dealkylation sites (N-methyl/N-ethyl adjacent to an activating group) is 1. The van der Waals surface area contributed by atoms with Crippen molar-refractivity contribution in [2.24, 2.45) is 4.99 Å². The standard InChI is InChI=1S/C20H34FN5O2.HI/c1-7-22-18(23-12-13-24-19(27)28-20(2,3)4)25-14-17(26(5)6)15-8-10-16(21)11-9-15;/h8-11,17H,7,12-14H2,1-6H3,(H,24,27)(H2,22,23,25);1H. The van der Waals surface area contributed by atoms with Gasteiger partial charge < -0.3 is 25.6 Å². The van der Waals surface area contributed by atoms with Gasteiger partial charge in [-0.15, -0.1) is 24.0 Å². The molecule has 0 aromatic heterocycles. The summed E-state index contributed by atoms with van der Waals surface area (Å²) in [6.45, 7) is 9.60. The summed E-state index contributed by atoms with van der Waals surface area (Å²) in [5, 5.41) is 9.06. The second kappa shape index (κ2) is 13.6. The molecule has 1 aromatic rings.